The number of esters is 1. The van der Waals surface area contributed by atoms with E-state index >= 15 is 0 Å². The predicted octanol–water partition coefficient (Wildman–Crippen LogP) is 2.79. The fraction of sp³-hybridized carbons (Fsp3) is 0.348. The van der Waals surface area contributed by atoms with Gasteiger partial charge in [0.1, 0.15) is 23.8 Å². The van der Waals surface area contributed by atoms with Gasteiger partial charge < -0.3 is 29.6 Å². The van der Waals surface area contributed by atoms with Crippen LogP contribution < -0.4 is 24.8 Å². The fourth-order valence-electron chi connectivity index (χ4n) is 2.71. The van der Waals surface area contributed by atoms with Crippen molar-refractivity contribution in [3.05, 3.63) is 48.0 Å². The maximum Gasteiger partial charge on any atom is 0.325 e. The molecule has 0 saturated carbocycles. The molecule has 0 heterocycles. The first-order chi connectivity index (χ1) is 15.5. The number of hydrogen-bond donors (Lipinski definition) is 2. The lowest BCUT2D eigenvalue weighted by Crippen LogP contribution is -2.32. The number of hydrogen-bond acceptors (Lipinski definition) is 7. The summed E-state index contributed by atoms with van der Waals surface area (Å²) in [7, 11) is 0. The lowest BCUT2D eigenvalue weighted by molar-refractivity contribution is -0.146. The standard InChI is InChI=1S/C23H28N2O7/c1-4-29-16-11-12-20(31-6-3)18(13-16)25-21(26)15-32-22(27)14-24-23(28)17-9-7-8-10-19(17)30-5-2/h7-13H,4-6,14-15H2,1-3H3,(H,24,28)(H,25,26). The molecule has 32 heavy (non-hydrogen) atoms. The Kier molecular flexibility index (Phi) is 9.83. The third kappa shape index (κ3) is 7.50. The molecular weight excluding hydrogens is 416 g/mol. The van der Waals surface area contributed by atoms with Crippen molar-refractivity contribution in [2.45, 2.75) is 20.8 Å². The van der Waals surface area contributed by atoms with E-state index in [4.69, 9.17) is 18.9 Å². The molecule has 0 aliphatic carbocycles. The molecule has 0 radical (unpaired) electrons. The number of carbonyl (C=O) groups excluding carboxylic acids is 3. The lowest BCUT2D eigenvalue weighted by atomic mass is 10.2. The Labute approximate surface area is 187 Å². The van der Waals surface area contributed by atoms with Crippen molar-refractivity contribution in [3.63, 3.8) is 0 Å². The molecule has 0 fully saturated rings. The number of anilines is 1. The Morgan fingerprint density at radius 3 is 2.25 bits per heavy atom. The first-order valence-corrected chi connectivity index (χ1v) is 10.3. The highest BCUT2D eigenvalue weighted by Gasteiger charge is 2.15. The van der Waals surface area contributed by atoms with Crippen LogP contribution in [-0.2, 0) is 14.3 Å². The maximum atomic E-state index is 12.3. The summed E-state index contributed by atoms with van der Waals surface area (Å²) in [6.45, 7) is 5.86. The molecule has 0 aliphatic rings. The number of ether oxygens (including phenoxy) is 4. The summed E-state index contributed by atoms with van der Waals surface area (Å²) in [6.07, 6.45) is 0. The molecule has 2 aromatic carbocycles. The average Bonchev–Trinajstić information content (AvgIpc) is 2.78. The van der Waals surface area contributed by atoms with Crippen molar-refractivity contribution in [2.75, 3.05) is 38.3 Å². The quantitative estimate of drug-likeness (QED) is 0.484. The number of para-hydroxylation sites is 1. The van der Waals surface area contributed by atoms with E-state index in [1.807, 2.05) is 20.8 Å². The van der Waals surface area contributed by atoms with Crippen LogP contribution in [0.3, 0.4) is 0 Å². The van der Waals surface area contributed by atoms with E-state index in [9.17, 15) is 14.4 Å². The van der Waals surface area contributed by atoms with Crippen LogP contribution in [0.2, 0.25) is 0 Å². The second-order valence-electron chi connectivity index (χ2n) is 6.34. The number of nitrogens with one attached hydrogen (secondary N) is 2. The van der Waals surface area contributed by atoms with Crippen molar-refractivity contribution < 1.29 is 33.3 Å². The zero-order chi connectivity index (χ0) is 23.3. The van der Waals surface area contributed by atoms with E-state index in [0.29, 0.717) is 48.3 Å². The Morgan fingerprint density at radius 2 is 1.53 bits per heavy atom. The van der Waals surface area contributed by atoms with Crippen LogP contribution in [0.4, 0.5) is 5.69 Å². The molecule has 0 atom stereocenters. The van der Waals surface area contributed by atoms with Crippen LogP contribution in [0.1, 0.15) is 31.1 Å². The van der Waals surface area contributed by atoms with Gasteiger partial charge in [0.25, 0.3) is 11.8 Å². The highest BCUT2D eigenvalue weighted by molar-refractivity contribution is 5.98. The van der Waals surface area contributed by atoms with E-state index in [2.05, 4.69) is 10.6 Å². The van der Waals surface area contributed by atoms with Gasteiger partial charge in [0, 0.05) is 6.07 Å². The van der Waals surface area contributed by atoms with Crippen molar-refractivity contribution in [3.8, 4) is 17.2 Å². The largest absolute Gasteiger partial charge is 0.494 e. The third-order valence-electron chi connectivity index (χ3n) is 4.03. The highest BCUT2D eigenvalue weighted by atomic mass is 16.5. The maximum absolute atomic E-state index is 12.3. The van der Waals surface area contributed by atoms with Gasteiger partial charge in [-0.1, -0.05) is 12.1 Å². The summed E-state index contributed by atoms with van der Waals surface area (Å²) in [5.41, 5.74) is 0.706. The molecule has 0 unspecified atom stereocenters. The molecule has 0 spiro atoms. The summed E-state index contributed by atoms with van der Waals surface area (Å²) in [5, 5.41) is 5.09. The van der Waals surface area contributed by atoms with Gasteiger partial charge in [-0.25, -0.2) is 0 Å². The molecule has 0 bridgehead atoms. The molecule has 2 aromatic rings. The molecule has 2 N–H and O–H groups in total. The lowest BCUT2D eigenvalue weighted by Gasteiger charge is -2.14. The second kappa shape index (κ2) is 12.8. The van der Waals surface area contributed by atoms with Crippen LogP contribution in [0.15, 0.2) is 42.5 Å². The van der Waals surface area contributed by atoms with Gasteiger partial charge in [-0.05, 0) is 45.0 Å². The minimum absolute atomic E-state index is 0.303. The smallest absolute Gasteiger partial charge is 0.325 e. The van der Waals surface area contributed by atoms with Crippen LogP contribution in [0.5, 0.6) is 17.2 Å². The molecule has 0 aromatic heterocycles. The van der Waals surface area contributed by atoms with Gasteiger partial charge in [-0.2, -0.15) is 0 Å². The topological polar surface area (TPSA) is 112 Å². The molecule has 9 heteroatoms. The number of amides is 2. The van der Waals surface area contributed by atoms with Gasteiger partial charge in [-0.3, -0.25) is 14.4 Å². The first-order valence-electron chi connectivity index (χ1n) is 10.3. The van der Waals surface area contributed by atoms with Crippen LogP contribution >= 0.6 is 0 Å². The normalized spacial score (nSPS) is 10.1. The molecular formula is C23H28N2O7. The Bertz CT molecular complexity index is 930. The number of benzene rings is 2. The minimum Gasteiger partial charge on any atom is -0.494 e. The van der Waals surface area contributed by atoms with Crippen molar-refractivity contribution in [1.82, 2.24) is 5.32 Å². The van der Waals surface area contributed by atoms with Gasteiger partial charge in [-0.15, -0.1) is 0 Å². The average molecular weight is 444 g/mol. The molecule has 2 amide bonds. The van der Waals surface area contributed by atoms with Crippen molar-refractivity contribution in [2.24, 2.45) is 0 Å². The van der Waals surface area contributed by atoms with Crippen molar-refractivity contribution >= 4 is 23.5 Å². The van der Waals surface area contributed by atoms with E-state index in [-0.39, 0.29) is 0 Å². The van der Waals surface area contributed by atoms with E-state index in [0.717, 1.165) is 0 Å². The monoisotopic (exact) mass is 444 g/mol. The summed E-state index contributed by atoms with van der Waals surface area (Å²) in [4.78, 5) is 36.5. The SMILES string of the molecule is CCOc1ccc(OCC)c(NC(=O)COC(=O)CNC(=O)c2ccccc2OCC)c1. The van der Waals surface area contributed by atoms with Crippen molar-refractivity contribution in [1.29, 1.82) is 0 Å². The summed E-state index contributed by atoms with van der Waals surface area (Å²) >= 11 is 0. The third-order valence-corrected chi connectivity index (χ3v) is 4.03. The zero-order valence-corrected chi connectivity index (χ0v) is 18.4. The van der Waals surface area contributed by atoms with Gasteiger partial charge >= 0.3 is 5.97 Å². The van der Waals surface area contributed by atoms with Gasteiger partial charge in [0.2, 0.25) is 0 Å². The van der Waals surface area contributed by atoms with E-state index in [1.165, 1.54) is 0 Å². The number of carbonyl (C=O) groups is 3. The van der Waals surface area contributed by atoms with E-state index < -0.39 is 30.9 Å². The highest BCUT2D eigenvalue weighted by Crippen LogP contribution is 2.29. The van der Waals surface area contributed by atoms with Crippen LogP contribution in [0, 0.1) is 0 Å². The Hall–Kier alpha value is -3.75. The molecule has 9 nitrogen and oxygen atoms in total. The summed E-state index contributed by atoms with van der Waals surface area (Å²) < 4.78 is 21.3. The van der Waals surface area contributed by atoms with Gasteiger partial charge in [0.05, 0.1) is 31.1 Å². The summed E-state index contributed by atoms with van der Waals surface area (Å²) in [5.74, 6) is -0.338. The Morgan fingerprint density at radius 1 is 0.844 bits per heavy atom. The minimum atomic E-state index is -0.754. The molecule has 0 aliphatic heterocycles. The van der Waals surface area contributed by atoms with Crippen LogP contribution in [0.25, 0.3) is 0 Å². The summed E-state index contributed by atoms with van der Waals surface area (Å²) in [6, 6.07) is 11.7. The fourth-order valence-corrected chi connectivity index (χ4v) is 2.71. The molecule has 2 rings (SSSR count). The van der Waals surface area contributed by atoms with Crippen LogP contribution in [-0.4, -0.2) is 50.8 Å². The zero-order valence-electron chi connectivity index (χ0n) is 18.4. The first kappa shape index (κ1) is 24.5. The molecule has 0 saturated heterocycles. The number of rotatable bonds is 12. The second-order valence-corrected chi connectivity index (χ2v) is 6.34. The van der Waals surface area contributed by atoms with E-state index in [1.54, 1.807) is 42.5 Å². The molecule has 172 valence electrons. The van der Waals surface area contributed by atoms with Gasteiger partial charge in [0.15, 0.2) is 6.61 Å². The Balaban J connectivity index is 1.86. The predicted molar refractivity (Wildman–Crippen MR) is 118 cm³/mol.